The molecular formula is C35H31F2N5O2. The van der Waals surface area contributed by atoms with E-state index in [9.17, 15) is 18.4 Å². The van der Waals surface area contributed by atoms with Crippen LogP contribution in [0.3, 0.4) is 0 Å². The summed E-state index contributed by atoms with van der Waals surface area (Å²) in [6.45, 7) is 2.54. The SMILES string of the molecule is CC(c1ccc(F)c(F)c1)n1cncc(C(=O)CCC#Cc2ccc3nc(Cc4ccc(CN(C)C)cc4)ncc3c2)c1=O. The first-order valence-corrected chi connectivity index (χ1v) is 14.2. The highest BCUT2D eigenvalue weighted by Gasteiger charge is 2.17. The first-order chi connectivity index (χ1) is 21.2. The van der Waals surface area contributed by atoms with Crippen molar-refractivity contribution in [2.45, 2.75) is 38.8 Å². The van der Waals surface area contributed by atoms with E-state index in [1.165, 1.54) is 28.7 Å². The van der Waals surface area contributed by atoms with Gasteiger partial charge in [-0.1, -0.05) is 42.2 Å². The lowest BCUT2D eigenvalue weighted by Crippen LogP contribution is -2.29. The number of rotatable bonds is 9. The second kappa shape index (κ2) is 13.5. The minimum atomic E-state index is -1.01. The Bertz CT molecular complexity index is 1940. The Morgan fingerprint density at radius 1 is 0.977 bits per heavy atom. The summed E-state index contributed by atoms with van der Waals surface area (Å²) in [7, 11) is 4.09. The van der Waals surface area contributed by atoms with E-state index in [0.29, 0.717) is 12.0 Å². The third kappa shape index (κ3) is 7.28. The van der Waals surface area contributed by atoms with Crippen LogP contribution in [-0.4, -0.2) is 44.3 Å². The fraction of sp³-hybridized carbons (Fsp3) is 0.229. The lowest BCUT2D eigenvalue weighted by atomic mass is 10.1. The van der Waals surface area contributed by atoms with E-state index < -0.39 is 29.0 Å². The number of fused-ring (bicyclic) bond motifs is 1. The molecule has 0 spiro atoms. The number of nitrogens with zero attached hydrogens (tertiary/aromatic N) is 5. The molecule has 7 nitrogen and oxygen atoms in total. The average Bonchev–Trinajstić information content (AvgIpc) is 3.01. The Hall–Kier alpha value is -5.07. The van der Waals surface area contributed by atoms with E-state index in [4.69, 9.17) is 4.98 Å². The van der Waals surface area contributed by atoms with Gasteiger partial charge in [-0.2, -0.15) is 0 Å². The van der Waals surface area contributed by atoms with Gasteiger partial charge in [0.15, 0.2) is 17.4 Å². The predicted molar refractivity (Wildman–Crippen MR) is 165 cm³/mol. The van der Waals surface area contributed by atoms with Gasteiger partial charge in [-0.25, -0.2) is 23.7 Å². The van der Waals surface area contributed by atoms with E-state index in [2.05, 4.69) is 51.0 Å². The van der Waals surface area contributed by atoms with Crippen molar-refractivity contribution < 1.29 is 13.6 Å². The summed E-state index contributed by atoms with van der Waals surface area (Å²) in [5, 5.41) is 0.865. The number of ketones is 1. The molecule has 2 heterocycles. The maximum atomic E-state index is 13.7. The van der Waals surface area contributed by atoms with Gasteiger partial charge in [-0.05, 0) is 68.0 Å². The molecule has 5 aromatic rings. The van der Waals surface area contributed by atoms with Crippen LogP contribution in [0.4, 0.5) is 8.78 Å². The number of aromatic nitrogens is 4. The summed E-state index contributed by atoms with van der Waals surface area (Å²) in [6, 6.07) is 16.9. The molecule has 0 amide bonds. The minimum Gasteiger partial charge on any atom is -0.305 e. The largest absolute Gasteiger partial charge is 0.305 e. The highest BCUT2D eigenvalue weighted by Crippen LogP contribution is 2.19. The van der Waals surface area contributed by atoms with Gasteiger partial charge in [-0.3, -0.25) is 14.2 Å². The molecule has 3 aromatic carbocycles. The monoisotopic (exact) mass is 591 g/mol. The third-order valence-corrected chi connectivity index (χ3v) is 7.23. The van der Waals surface area contributed by atoms with Crippen LogP contribution in [0.15, 0.2) is 84.2 Å². The molecule has 2 aromatic heterocycles. The first-order valence-electron chi connectivity index (χ1n) is 14.2. The Morgan fingerprint density at radius 3 is 2.50 bits per heavy atom. The lowest BCUT2D eigenvalue weighted by molar-refractivity contribution is 0.0981. The normalized spacial score (nSPS) is 11.8. The van der Waals surface area contributed by atoms with Gasteiger partial charge >= 0.3 is 0 Å². The summed E-state index contributed by atoms with van der Waals surface area (Å²) < 4.78 is 28.3. The number of benzene rings is 3. The second-order valence-electron chi connectivity index (χ2n) is 10.9. The maximum absolute atomic E-state index is 13.7. The van der Waals surface area contributed by atoms with Gasteiger partial charge in [0.05, 0.1) is 17.9 Å². The molecule has 0 N–H and O–H groups in total. The van der Waals surface area contributed by atoms with E-state index in [1.807, 2.05) is 32.3 Å². The molecule has 9 heteroatoms. The maximum Gasteiger partial charge on any atom is 0.264 e. The van der Waals surface area contributed by atoms with Gasteiger partial charge in [0.1, 0.15) is 11.4 Å². The molecule has 0 fully saturated rings. The molecule has 44 heavy (non-hydrogen) atoms. The average molecular weight is 592 g/mol. The van der Waals surface area contributed by atoms with E-state index >= 15 is 0 Å². The van der Waals surface area contributed by atoms with Gasteiger partial charge in [0, 0.05) is 49.2 Å². The van der Waals surface area contributed by atoms with Gasteiger partial charge in [0.2, 0.25) is 0 Å². The van der Waals surface area contributed by atoms with E-state index in [1.54, 1.807) is 13.1 Å². The molecular weight excluding hydrogens is 560 g/mol. The molecule has 1 unspecified atom stereocenters. The summed E-state index contributed by atoms with van der Waals surface area (Å²) in [5.74, 6) is 4.43. The highest BCUT2D eigenvalue weighted by atomic mass is 19.2. The van der Waals surface area contributed by atoms with Crippen LogP contribution in [0.5, 0.6) is 0 Å². The van der Waals surface area contributed by atoms with Crippen molar-refractivity contribution in [3.05, 3.63) is 135 Å². The van der Waals surface area contributed by atoms with Gasteiger partial charge in [0.25, 0.3) is 5.56 Å². The van der Waals surface area contributed by atoms with Crippen molar-refractivity contribution in [1.29, 1.82) is 0 Å². The molecule has 0 saturated heterocycles. The smallest absolute Gasteiger partial charge is 0.264 e. The molecule has 0 bridgehead atoms. The Balaban J connectivity index is 1.21. The van der Waals surface area contributed by atoms with Crippen LogP contribution in [0.25, 0.3) is 10.9 Å². The molecule has 0 radical (unpaired) electrons. The van der Waals surface area contributed by atoms with Crippen LogP contribution < -0.4 is 5.56 Å². The zero-order chi connectivity index (χ0) is 31.2. The topological polar surface area (TPSA) is 81.0 Å². The van der Waals surface area contributed by atoms with Crippen molar-refractivity contribution >= 4 is 16.7 Å². The number of Topliss-reactive ketones (excluding diaryl/α,β-unsaturated/α-hetero) is 1. The molecule has 5 rings (SSSR count). The second-order valence-corrected chi connectivity index (χ2v) is 10.9. The van der Waals surface area contributed by atoms with Crippen molar-refractivity contribution in [3.8, 4) is 11.8 Å². The zero-order valence-corrected chi connectivity index (χ0v) is 24.7. The molecule has 0 saturated carbocycles. The quantitative estimate of drug-likeness (QED) is 0.161. The van der Waals surface area contributed by atoms with Crippen LogP contribution in [0.1, 0.15) is 64.2 Å². The number of hydrogen-bond acceptors (Lipinski definition) is 6. The van der Waals surface area contributed by atoms with E-state index in [-0.39, 0.29) is 18.4 Å². The van der Waals surface area contributed by atoms with Crippen molar-refractivity contribution in [1.82, 2.24) is 24.4 Å². The molecule has 0 aliphatic carbocycles. The highest BCUT2D eigenvalue weighted by molar-refractivity contribution is 5.95. The summed E-state index contributed by atoms with van der Waals surface area (Å²) in [5.41, 5.74) is 3.74. The zero-order valence-electron chi connectivity index (χ0n) is 24.7. The van der Waals surface area contributed by atoms with Crippen LogP contribution in [0, 0.1) is 23.5 Å². The molecule has 0 aliphatic heterocycles. The van der Waals surface area contributed by atoms with Gasteiger partial charge < -0.3 is 4.90 Å². The number of hydrogen-bond donors (Lipinski definition) is 0. The minimum absolute atomic E-state index is 0.0314. The summed E-state index contributed by atoms with van der Waals surface area (Å²) >= 11 is 0. The van der Waals surface area contributed by atoms with Gasteiger partial charge in [-0.15, -0.1) is 0 Å². The summed E-state index contributed by atoms with van der Waals surface area (Å²) in [4.78, 5) is 41.2. The van der Waals surface area contributed by atoms with Crippen molar-refractivity contribution in [2.24, 2.45) is 0 Å². The number of halogens is 2. The lowest BCUT2D eigenvalue weighted by Gasteiger charge is -2.16. The number of carbonyl (C=O) groups is 1. The van der Waals surface area contributed by atoms with Crippen molar-refractivity contribution in [2.75, 3.05) is 14.1 Å². The third-order valence-electron chi connectivity index (χ3n) is 7.23. The standard InChI is InChI=1S/C35H31F2N5O2/c1-23(27-13-14-30(36)31(37)18-27)42-22-38-20-29(35(42)44)33(43)7-5-4-6-24-12-15-32-28(16-24)19-39-34(40-32)17-25-8-10-26(11-9-25)21-41(2)3/h8-16,18-20,22-23H,5,7,17,21H2,1-3H3. The predicted octanol–water partition coefficient (Wildman–Crippen LogP) is 5.74. The van der Waals surface area contributed by atoms with Crippen molar-refractivity contribution in [3.63, 3.8) is 0 Å². The summed E-state index contributed by atoms with van der Waals surface area (Å²) in [6.07, 6.45) is 5.21. The van der Waals surface area contributed by atoms with Crippen LogP contribution >= 0.6 is 0 Å². The Kier molecular flexibility index (Phi) is 9.32. The van der Waals surface area contributed by atoms with E-state index in [0.717, 1.165) is 46.5 Å². The number of carbonyl (C=O) groups excluding carboxylic acids is 1. The first kappa shape index (κ1) is 30.4. The molecule has 1 atom stereocenters. The molecule has 222 valence electrons. The fourth-order valence-electron chi connectivity index (χ4n) is 4.85. The Labute approximate surface area is 254 Å². The van der Waals surface area contributed by atoms with Crippen LogP contribution in [-0.2, 0) is 13.0 Å². The molecule has 0 aliphatic rings. The van der Waals surface area contributed by atoms with Crippen LogP contribution in [0.2, 0.25) is 0 Å². The Morgan fingerprint density at radius 2 is 1.75 bits per heavy atom. The fourth-order valence-corrected chi connectivity index (χ4v) is 4.85.